The van der Waals surface area contributed by atoms with Gasteiger partial charge < -0.3 is 19.4 Å². The van der Waals surface area contributed by atoms with Crippen LogP contribution < -0.4 is 14.8 Å². The van der Waals surface area contributed by atoms with Gasteiger partial charge in [0.2, 0.25) is 5.91 Å². The number of benzene rings is 3. The van der Waals surface area contributed by atoms with E-state index in [0.29, 0.717) is 30.3 Å². The molecular weight excluding hydrogens is 450 g/mol. The molecule has 1 N–H and O–H groups in total. The quantitative estimate of drug-likeness (QED) is 0.302. The maximum absolute atomic E-state index is 12.7. The minimum absolute atomic E-state index is 0.0571. The minimum atomic E-state index is -0.248. The summed E-state index contributed by atoms with van der Waals surface area (Å²) in [6, 6.07) is 22.7. The van der Waals surface area contributed by atoms with Crippen LogP contribution in [0.4, 0.5) is 0 Å². The van der Waals surface area contributed by atoms with E-state index in [1.54, 1.807) is 7.11 Å². The van der Waals surface area contributed by atoms with Crippen LogP contribution >= 0.6 is 11.6 Å². The van der Waals surface area contributed by atoms with Crippen molar-refractivity contribution < 1.29 is 14.3 Å². The summed E-state index contributed by atoms with van der Waals surface area (Å²) in [6.45, 7) is 3.19. The number of halogens is 1. The van der Waals surface area contributed by atoms with Crippen LogP contribution in [0.25, 0.3) is 11.0 Å². The number of carbonyl (C=O) groups excluding carboxylic acids is 1. The van der Waals surface area contributed by atoms with Gasteiger partial charge >= 0.3 is 0 Å². The van der Waals surface area contributed by atoms with Crippen LogP contribution in [-0.2, 0) is 17.8 Å². The van der Waals surface area contributed by atoms with Crippen molar-refractivity contribution in [2.75, 3.05) is 13.7 Å². The Morgan fingerprint density at radius 3 is 2.56 bits per heavy atom. The predicted octanol–water partition coefficient (Wildman–Crippen LogP) is 5.59. The number of amides is 1. The summed E-state index contributed by atoms with van der Waals surface area (Å²) in [5, 5.41) is 3.70. The number of nitrogens with one attached hydrogen (secondary N) is 1. The molecule has 176 valence electrons. The molecule has 0 aliphatic heterocycles. The van der Waals surface area contributed by atoms with Gasteiger partial charge in [-0.1, -0.05) is 48.0 Å². The first-order chi connectivity index (χ1) is 16.5. The zero-order valence-corrected chi connectivity index (χ0v) is 20.1. The number of nitrogens with zero attached hydrogens (tertiary/aromatic N) is 2. The molecule has 0 radical (unpaired) electrons. The van der Waals surface area contributed by atoms with Crippen molar-refractivity contribution in [1.82, 2.24) is 14.9 Å². The smallest absolute Gasteiger partial charge is 0.224 e. The molecule has 7 heteroatoms. The molecule has 4 aromatic rings. The molecule has 0 bridgehead atoms. The maximum atomic E-state index is 12.7. The number of para-hydroxylation sites is 3. The first-order valence-electron chi connectivity index (χ1n) is 11.3. The standard InChI is InChI=1S/C27H28ClN3O3/c1-19(29-26(32)18-20-12-14-21(33-2)15-13-20)27-30-23-9-4-5-10-24(23)31(27)16-7-17-34-25-11-6-3-8-22(25)28/h3-6,8-15,19H,7,16-18H2,1-2H3,(H,29,32). The number of aryl methyl sites for hydroxylation is 1. The van der Waals surface area contributed by atoms with Crippen molar-refractivity contribution in [2.24, 2.45) is 0 Å². The average molecular weight is 478 g/mol. The van der Waals surface area contributed by atoms with E-state index in [0.717, 1.165) is 34.6 Å². The Bertz CT molecular complexity index is 1250. The highest BCUT2D eigenvalue weighted by Crippen LogP contribution is 2.24. The summed E-state index contributed by atoms with van der Waals surface area (Å²) < 4.78 is 13.2. The monoisotopic (exact) mass is 477 g/mol. The third-order valence-electron chi connectivity index (χ3n) is 5.59. The molecule has 1 atom stereocenters. The largest absolute Gasteiger partial charge is 0.497 e. The highest BCUT2D eigenvalue weighted by molar-refractivity contribution is 6.32. The van der Waals surface area contributed by atoms with Gasteiger partial charge in [-0.2, -0.15) is 0 Å². The number of hydrogen-bond donors (Lipinski definition) is 1. The van der Waals surface area contributed by atoms with Gasteiger partial charge in [-0.3, -0.25) is 4.79 Å². The number of fused-ring (bicyclic) bond motifs is 1. The van der Waals surface area contributed by atoms with E-state index in [4.69, 9.17) is 26.1 Å². The van der Waals surface area contributed by atoms with Crippen LogP contribution in [0.15, 0.2) is 72.8 Å². The van der Waals surface area contributed by atoms with E-state index in [1.165, 1.54) is 0 Å². The number of ether oxygens (including phenoxy) is 2. The van der Waals surface area contributed by atoms with E-state index < -0.39 is 0 Å². The van der Waals surface area contributed by atoms with Crippen molar-refractivity contribution in [2.45, 2.75) is 32.4 Å². The molecule has 1 aromatic heterocycles. The molecule has 34 heavy (non-hydrogen) atoms. The molecule has 3 aromatic carbocycles. The summed E-state index contributed by atoms with van der Waals surface area (Å²) in [6.07, 6.45) is 1.06. The zero-order valence-electron chi connectivity index (χ0n) is 19.3. The first kappa shape index (κ1) is 23.6. The van der Waals surface area contributed by atoms with Crippen molar-refractivity contribution in [3.8, 4) is 11.5 Å². The molecular formula is C27H28ClN3O3. The fraction of sp³-hybridized carbons (Fsp3) is 0.259. The molecule has 4 rings (SSSR count). The highest BCUT2D eigenvalue weighted by Gasteiger charge is 2.18. The van der Waals surface area contributed by atoms with Gasteiger partial charge in [-0.25, -0.2) is 4.98 Å². The molecule has 0 saturated heterocycles. The Labute approximate surface area is 204 Å². The molecule has 1 heterocycles. The Kier molecular flexibility index (Phi) is 7.70. The number of hydrogen-bond acceptors (Lipinski definition) is 4. The summed E-state index contributed by atoms with van der Waals surface area (Å²) >= 11 is 6.18. The molecule has 0 aliphatic rings. The molecule has 1 amide bonds. The summed E-state index contributed by atoms with van der Waals surface area (Å²) in [5.74, 6) is 2.21. The van der Waals surface area contributed by atoms with Gasteiger partial charge in [0.05, 0.1) is 42.2 Å². The number of aromatic nitrogens is 2. The van der Waals surface area contributed by atoms with Crippen LogP contribution in [0.3, 0.4) is 0 Å². The summed E-state index contributed by atoms with van der Waals surface area (Å²) in [7, 11) is 1.62. The fourth-order valence-electron chi connectivity index (χ4n) is 3.91. The van der Waals surface area contributed by atoms with Gasteiger partial charge in [0.1, 0.15) is 17.3 Å². The van der Waals surface area contributed by atoms with Gasteiger partial charge in [-0.15, -0.1) is 0 Å². The zero-order chi connectivity index (χ0) is 23.9. The first-order valence-corrected chi connectivity index (χ1v) is 11.7. The SMILES string of the molecule is COc1ccc(CC(=O)NC(C)c2nc3ccccc3n2CCCOc2ccccc2Cl)cc1. The Balaban J connectivity index is 1.43. The van der Waals surface area contributed by atoms with Crippen LogP contribution in [-0.4, -0.2) is 29.2 Å². The van der Waals surface area contributed by atoms with Crippen LogP contribution in [0.1, 0.15) is 30.8 Å². The normalized spacial score (nSPS) is 11.9. The maximum Gasteiger partial charge on any atom is 0.224 e. The second kappa shape index (κ2) is 11.1. The van der Waals surface area contributed by atoms with E-state index >= 15 is 0 Å². The lowest BCUT2D eigenvalue weighted by atomic mass is 10.1. The van der Waals surface area contributed by atoms with Crippen LogP contribution in [0.2, 0.25) is 5.02 Å². The molecule has 0 spiro atoms. The van der Waals surface area contributed by atoms with Gasteiger partial charge in [0.15, 0.2) is 0 Å². The number of imidazole rings is 1. The highest BCUT2D eigenvalue weighted by atomic mass is 35.5. The summed E-state index contributed by atoms with van der Waals surface area (Å²) in [5.41, 5.74) is 2.86. The number of carbonyl (C=O) groups is 1. The molecule has 0 aliphatic carbocycles. The Hall–Kier alpha value is -3.51. The number of methoxy groups -OCH3 is 1. The third kappa shape index (κ3) is 5.69. The van der Waals surface area contributed by atoms with Gasteiger partial charge in [-0.05, 0) is 55.3 Å². The average Bonchev–Trinajstić information content (AvgIpc) is 3.22. The van der Waals surface area contributed by atoms with Crippen LogP contribution in [0, 0.1) is 0 Å². The second-order valence-corrected chi connectivity index (χ2v) is 8.46. The third-order valence-corrected chi connectivity index (χ3v) is 5.91. The second-order valence-electron chi connectivity index (χ2n) is 8.06. The van der Waals surface area contributed by atoms with Crippen molar-refractivity contribution in [1.29, 1.82) is 0 Å². The summed E-state index contributed by atoms with van der Waals surface area (Å²) in [4.78, 5) is 17.5. The van der Waals surface area contributed by atoms with E-state index in [-0.39, 0.29) is 11.9 Å². The Morgan fingerprint density at radius 2 is 1.79 bits per heavy atom. The van der Waals surface area contributed by atoms with E-state index in [1.807, 2.05) is 79.7 Å². The van der Waals surface area contributed by atoms with E-state index in [9.17, 15) is 4.79 Å². The van der Waals surface area contributed by atoms with E-state index in [2.05, 4.69) is 9.88 Å². The topological polar surface area (TPSA) is 65.4 Å². The molecule has 1 unspecified atom stereocenters. The molecule has 6 nitrogen and oxygen atoms in total. The van der Waals surface area contributed by atoms with Crippen LogP contribution in [0.5, 0.6) is 11.5 Å². The molecule has 0 fully saturated rings. The lowest BCUT2D eigenvalue weighted by molar-refractivity contribution is -0.121. The minimum Gasteiger partial charge on any atom is -0.497 e. The Morgan fingerprint density at radius 1 is 1.06 bits per heavy atom. The van der Waals surface area contributed by atoms with Crippen molar-refractivity contribution in [3.63, 3.8) is 0 Å². The van der Waals surface area contributed by atoms with Crippen molar-refractivity contribution in [3.05, 3.63) is 89.2 Å². The lowest BCUT2D eigenvalue weighted by Crippen LogP contribution is -2.30. The van der Waals surface area contributed by atoms with Gasteiger partial charge in [0, 0.05) is 6.54 Å². The van der Waals surface area contributed by atoms with Crippen molar-refractivity contribution >= 4 is 28.5 Å². The lowest BCUT2D eigenvalue weighted by Gasteiger charge is -2.17. The fourth-order valence-corrected chi connectivity index (χ4v) is 4.10. The number of rotatable bonds is 10. The van der Waals surface area contributed by atoms with Gasteiger partial charge in [0.25, 0.3) is 0 Å². The molecule has 0 saturated carbocycles. The predicted molar refractivity (Wildman–Crippen MR) is 135 cm³/mol.